The van der Waals surface area contributed by atoms with Gasteiger partial charge in [0.2, 0.25) is 5.95 Å². The van der Waals surface area contributed by atoms with Gasteiger partial charge in [0, 0.05) is 6.07 Å². The Morgan fingerprint density at radius 2 is 1.91 bits per heavy atom. The fourth-order valence-corrected chi connectivity index (χ4v) is 1.61. The average molecular weight is 328 g/mol. The molecule has 5 nitrogen and oxygen atoms in total. The molecule has 0 spiro atoms. The first-order valence-corrected chi connectivity index (χ1v) is 6.59. The quantitative estimate of drug-likeness (QED) is 0.936. The number of nitrogens with one attached hydrogen (secondary N) is 1. The van der Waals surface area contributed by atoms with E-state index in [1.54, 1.807) is 0 Å². The van der Waals surface area contributed by atoms with Crippen molar-refractivity contribution in [2.24, 2.45) is 0 Å². The maximum atomic E-state index is 13.6. The first-order chi connectivity index (χ1) is 10.3. The summed E-state index contributed by atoms with van der Waals surface area (Å²) < 4.78 is 31.7. The van der Waals surface area contributed by atoms with Crippen molar-refractivity contribution in [2.75, 3.05) is 5.32 Å². The van der Waals surface area contributed by atoms with Crippen molar-refractivity contribution in [3.05, 3.63) is 47.2 Å². The molecule has 1 amide bonds. The lowest BCUT2D eigenvalue weighted by atomic mass is 10.1. The van der Waals surface area contributed by atoms with Crippen LogP contribution in [0.3, 0.4) is 0 Å². The number of anilines is 1. The van der Waals surface area contributed by atoms with E-state index in [-0.39, 0.29) is 11.7 Å². The molecule has 22 heavy (non-hydrogen) atoms. The highest BCUT2D eigenvalue weighted by Gasteiger charge is 2.31. The van der Waals surface area contributed by atoms with E-state index in [1.807, 2.05) is 0 Å². The number of rotatable bonds is 4. The van der Waals surface area contributed by atoms with E-state index in [2.05, 4.69) is 15.3 Å². The molecular formula is C14H12ClF2N3O2. The summed E-state index contributed by atoms with van der Waals surface area (Å²) in [6, 6.07) is 2.82. The summed E-state index contributed by atoms with van der Waals surface area (Å²) in [5.41, 5.74) is -1.43. The molecule has 2 aromatic rings. The largest absolute Gasteiger partial charge is 0.475 e. The SMILES string of the molecule is CC(C)(Oc1ccc(F)cc1F)C(=O)Nc1ncc(Cl)cn1. The molecule has 0 aliphatic carbocycles. The molecular weight excluding hydrogens is 316 g/mol. The standard InChI is InChI=1S/C14H12ClF2N3O2/c1-14(2,22-11-4-3-9(16)5-10(11)17)12(21)20-13-18-6-8(15)7-19-13/h3-7H,1-2H3,(H,18,19,20,21). The van der Waals surface area contributed by atoms with Crippen molar-refractivity contribution in [1.82, 2.24) is 9.97 Å². The summed E-state index contributed by atoms with van der Waals surface area (Å²) in [4.78, 5) is 19.8. The van der Waals surface area contributed by atoms with Gasteiger partial charge in [-0.15, -0.1) is 0 Å². The summed E-state index contributed by atoms with van der Waals surface area (Å²) in [6.45, 7) is 2.86. The molecule has 1 aromatic carbocycles. The van der Waals surface area contributed by atoms with Crippen molar-refractivity contribution >= 4 is 23.5 Å². The van der Waals surface area contributed by atoms with Crippen molar-refractivity contribution in [2.45, 2.75) is 19.4 Å². The Labute approximate surface area is 130 Å². The lowest BCUT2D eigenvalue weighted by Crippen LogP contribution is -2.43. The highest BCUT2D eigenvalue weighted by atomic mass is 35.5. The molecule has 1 N–H and O–H groups in total. The monoisotopic (exact) mass is 327 g/mol. The minimum atomic E-state index is -1.43. The fraction of sp³-hybridized carbons (Fsp3) is 0.214. The van der Waals surface area contributed by atoms with Gasteiger partial charge in [-0.25, -0.2) is 18.7 Å². The number of hydrogen-bond donors (Lipinski definition) is 1. The molecule has 0 saturated carbocycles. The molecule has 0 atom stereocenters. The predicted molar refractivity (Wildman–Crippen MR) is 76.7 cm³/mol. The zero-order valence-electron chi connectivity index (χ0n) is 11.7. The molecule has 8 heteroatoms. The Morgan fingerprint density at radius 1 is 1.27 bits per heavy atom. The molecule has 1 aromatic heterocycles. The van der Waals surface area contributed by atoms with Gasteiger partial charge in [0.1, 0.15) is 5.82 Å². The maximum Gasteiger partial charge on any atom is 0.270 e. The Morgan fingerprint density at radius 3 is 2.50 bits per heavy atom. The number of ether oxygens (including phenoxy) is 1. The molecule has 0 bridgehead atoms. The van der Waals surface area contributed by atoms with Gasteiger partial charge in [-0.1, -0.05) is 11.6 Å². The zero-order chi connectivity index (χ0) is 16.3. The number of aromatic nitrogens is 2. The van der Waals surface area contributed by atoms with E-state index in [1.165, 1.54) is 26.2 Å². The molecule has 0 fully saturated rings. The number of hydrogen-bond acceptors (Lipinski definition) is 4. The minimum absolute atomic E-state index is 0.0330. The van der Waals surface area contributed by atoms with E-state index in [9.17, 15) is 13.6 Å². The van der Waals surface area contributed by atoms with Crippen molar-refractivity contribution in [3.8, 4) is 5.75 Å². The van der Waals surface area contributed by atoms with E-state index >= 15 is 0 Å². The van der Waals surface area contributed by atoms with Crippen LogP contribution in [0.15, 0.2) is 30.6 Å². The third-order valence-electron chi connectivity index (χ3n) is 2.65. The van der Waals surface area contributed by atoms with Gasteiger partial charge in [0.05, 0.1) is 17.4 Å². The van der Waals surface area contributed by atoms with Gasteiger partial charge >= 0.3 is 0 Å². The van der Waals surface area contributed by atoms with Crippen LogP contribution in [0.2, 0.25) is 5.02 Å². The maximum absolute atomic E-state index is 13.6. The normalized spacial score (nSPS) is 11.1. The molecule has 0 saturated heterocycles. The van der Waals surface area contributed by atoms with Crippen LogP contribution in [0.5, 0.6) is 5.75 Å². The summed E-state index contributed by atoms with van der Waals surface area (Å²) in [5, 5.41) is 2.74. The first-order valence-electron chi connectivity index (χ1n) is 6.21. The van der Waals surface area contributed by atoms with Crippen LogP contribution in [0, 0.1) is 11.6 Å². The summed E-state index contributed by atoms with van der Waals surface area (Å²) in [5.74, 6) is -2.44. The predicted octanol–water partition coefficient (Wildman–Crippen LogP) is 3.20. The van der Waals surface area contributed by atoms with Crippen molar-refractivity contribution in [1.29, 1.82) is 0 Å². The lowest BCUT2D eigenvalue weighted by Gasteiger charge is -2.25. The van der Waals surface area contributed by atoms with Gasteiger partial charge in [0.25, 0.3) is 5.91 Å². The number of carbonyl (C=O) groups is 1. The minimum Gasteiger partial charge on any atom is -0.475 e. The van der Waals surface area contributed by atoms with Crippen LogP contribution in [0.25, 0.3) is 0 Å². The molecule has 0 aliphatic heterocycles. The summed E-state index contributed by atoms with van der Waals surface area (Å²) >= 11 is 5.64. The number of nitrogens with zero attached hydrogens (tertiary/aromatic N) is 2. The number of amides is 1. The smallest absolute Gasteiger partial charge is 0.270 e. The Bertz CT molecular complexity index is 693. The molecule has 0 aliphatic rings. The second-order valence-electron chi connectivity index (χ2n) is 4.87. The van der Waals surface area contributed by atoms with E-state index in [0.29, 0.717) is 11.1 Å². The third-order valence-corrected chi connectivity index (χ3v) is 2.85. The van der Waals surface area contributed by atoms with Crippen LogP contribution in [-0.2, 0) is 4.79 Å². The topological polar surface area (TPSA) is 64.1 Å². The Balaban J connectivity index is 2.11. The molecule has 0 unspecified atom stereocenters. The van der Waals surface area contributed by atoms with E-state index in [0.717, 1.165) is 12.1 Å². The van der Waals surface area contributed by atoms with Gasteiger partial charge in [-0.3, -0.25) is 10.1 Å². The van der Waals surface area contributed by atoms with E-state index < -0.39 is 23.1 Å². The highest BCUT2D eigenvalue weighted by molar-refractivity contribution is 6.30. The summed E-state index contributed by atoms with van der Waals surface area (Å²) in [7, 11) is 0. The second-order valence-corrected chi connectivity index (χ2v) is 5.30. The number of halogens is 3. The molecule has 0 radical (unpaired) electrons. The van der Waals surface area contributed by atoms with Crippen molar-refractivity contribution in [3.63, 3.8) is 0 Å². The van der Waals surface area contributed by atoms with Crippen LogP contribution >= 0.6 is 11.6 Å². The second kappa shape index (κ2) is 6.23. The van der Waals surface area contributed by atoms with Crippen LogP contribution < -0.4 is 10.1 Å². The Hall–Kier alpha value is -2.28. The average Bonchev–Trinajstić information content (AvgIpc) is 2.44. The number of benzene rings is 1. The van der Waals surface area contributed by atoms with Gasteiger partial charge in [0.15, 0.2) is 17.2 Å². The molecule has 2 rings (SSSR count). The fourth-order valence-electron chi connectivity index (χ4n) is 1.51. The zero-order valence-corrected chi connectivity index (χ0v) is 12.5. The number of carbonyl (C=O) groups excluding carboxylic acids is 1. The van der Waals surface area contributed by atoms with Crippen LogP contribution in [0.1, 0.15) is 13.8 Å². The molecule has 1 heterocycles. The first kappa shape index (κ1) is 16.1. The third kappa shape index (κ3) is 3.88. The Kier molecular flexibility index (Phi) is 4.56. The lowest BCUT2D eigenvalue weighted by molar-refractivity contribution is -0.128. The van der Waals surface area contributed by atoms with Crippen molar-refractivity contribution < 1.29 is 18.3 Å². The highest BCUT2D eigenvalue weighted by Crippen LogP contribution is 2.23. The van der Waals surface area contributed by atoms with Gasteiger partial charge in [-0.05, 0) is 26.0 Å². The summed E-state index contributed by atoms with van der Waals surface area (Å²) in [6.07, 6.45) is 2.63. The van der Waals surface area contributed by atoms with E-state index in [4.69, 9.17) is 16.3 Å². The van der Waals surface area contributed by atoms with Gasteiger partial charge < -0.3 is 4.74 Å². The van der Waals surface area contributed by atoms with Gasteiger partial charge in [-0.2, -0.15) is 0 Å². The molecule has 116 valence electrons. The van der Waals surface area contributed by atoms with Crippen LogP contribution in [-0.4, -0.2) is 21.5 Å². The van der Waals surface area contributed by atoms with Crippen LogP contribution in [0.4, 0.5) is 14.7 Å².